The number of aliphatic hydroxyl groups excluding tert-OH is 1. The van der Waals surface area contributed by atoms with E-state index in [4.69, 9.17) is 0 Å². The molecule has 0 unspecified atom stereocenters. The average Bonchev–Trinajstić information content (AvgIpc) is 2.22. The molecule has 0 atom stereocenters. The van der Waals surface area contributed by atoms with Gasteiger partial charge in [0.2, 0.25) is 0 Å². The molecule has 3 heteroatoms. The van der Waals surface area contributed by atoms with Crippen LogP contribution in [-0.4, -0.2) is 22.3 Å². The van der Waals surface area contributed by atoms with Gasteiger partial charge in [-0.15, -0.1) is 0 Å². The van der Waals surface area contributed by atoms with Crippen molar-refractivity contribution in [1.82, 2.24) is 4.90 Å². The van der Waals surface area contributed by atoms with Gasteiger partial charge in [0.1, 0.15) is 0 Å². The third-order valence-electron chi connectivity index (χ3n) is 2.39. The molecular formula is C12H17NO2. The number of rotatable bonds is 4. The van der Waals surface area contributed by atoms with E-state index in [1.54, 1.807) is 0 Å². The molecule has 0 fully saturated rings. The van der Waals surface area contributed by atoms with Gasteiger partial charge in [0.25, 0.3) is 0 Å². The van der Waals surface area contributed by atoms with E-state index in [-0.39, 0.29) is 11.5 Å². The predicted molar refractivity (Wildman–Crippen MR) is 60.2 cm³/mol. The Morgan fingerprint density at radius 2 is 2.47 bits per heavy atom. The topological polar surface area (TPSA) is 40.5 Å². The van der Waals surface area contributed by atoms with Crippen LogP contribution in [0.15, 0.2) is 36.4 Å². The molecule has 0 bridgehead atoms. The molecule has 0 spiro atoms. The molecule has 15 heavy (non-hydrogen) atoms. The smallest absolute Gasteiger partial charge is 0.200 e. The molecule has 0 aromatic rings. The highest BCUT2D eigenvalue weighted by Gasteiger charge is 2.18. The van der Waals surface area contributed by atoms with Crippen LogP contribution in [0.2, 0.25) is 0 Å². The fourth-order valence-corrected chi connectivity index (χ4v) is 1.44. The zero-order valence-corrected chi connectivity index (χ0v) is 9.07. The monoisotopic (exact) mass is 207 g/mol. The van der Waals surface area contributed by atoms with Crippen LogP contribution >= 0.6 is 0 Å². The van der Waals surface area contributed by atoms with E-state index in [1.165, 1.54) is 6.20 Å². The lowest BCUT2D eigenvalue weighted by Crippen LogP contribution is -2.26. The van der Waals surface area contributed by atoms with Crippen LogP contribution in [0.25, 0.3) is 0 Å². The number of carbonyl (C=O) groups excluding carboxylic acids is 1. The van der Waals surface area contributed by atoms with Gasteiger partial charge in [-0.1, -0.05) is 18.7 Å². The van der Waals surface area contributed by atoms with E-state index >= 15 is 0 Å². The minimum atomic E-state index is -0.187. The number of aliphatic hydroxyl groups is 1. The number of Topliss-reactive ketones (excluding diaryl/α,β-unsaturated/α-hetero) is 1. The van der Waals surface area contributed by atoms with Crippen LogP contribution in [0, 0.1) is 0 Å². The first kappa shape index (κ1) is 11.6. The summed E-state index contributed by atoms with van der Waals surface area (Å²) in [6.07, 6.45) is 7.70. The van der Waals surface area contributed by atoms with Gasteiger partial charge in [0.15, 0.2) is 11.5 Å². The first-order chi connectivity index (χ1) is 7.15. The molecule has 82 valence electrons. The van der Waals surface area contributed by atoms with E-state index in [0.717, 1.165) is 18.5 Å². The van der Waals surface area contributed by atoms with E-state index in [9.17, 15) is 9.90 Å². The number of nitrogens with zero attached hydrogens (tertiary/aromatic N) is 1. The second-order valence-electron chi connectivity index (χ2n) is 3.55. The van der Waals surface area contributed by atoms with Crippen LogP contribution in [-0.2, 0) is 4.79 Å². The van der Waals surface area contributed by atoms with Crippen molar-refractivity contribution < 1.29 is 9.90 Å². The molecule has 0 amide bonds. The molecule has 0 aliphatic carbocycles. The van der Waals surface area contributed by atoms with Crippen molar-refractivity contribution in [2.45, 2.75) is 26.2 Å². The van der Waals surface area contributed by atoms with Crippen molar-refractivity contribution in [2.75, 3.05) is 6.54 Å². The molecular weight excluding hydrogens is 190 g/mol. The zero-order chi connectivity index (χ0) is 11.3. The molecule has 3 nitrogen and oxygen atoms in total. The number of hydrogen-bond donors (Lipinski definition) is 1. The van der Waals surface area contributed by atoms with Crippen molar-refractivity contribution in [3.63, 3.8) is 0 Å². The highest BCUT2D eigenvalue weighted by atomic mass is 16.3. The summed E-state index contributed by atoms with van der Waals surface area (Å²) >= 11 is 0. The molecule has 0 aromatic heterocycles. The molecule has 0 saturated heterocycles. The molecule has 0 saturated carbocycles. The molecule has 1 N–H and O–H groups in total. The Labute approximate surface area is 90.4 Å². The SMILES string of the molecule is C=C(CC/C=C\C)N1C=C(O)C(=O)CC1. The Bertz CT molecular complexity index is 316. The summed E-state index contributed by atoms with van der Waals surface area (Å²) in [5.41, 5.74) is 0.937. The molecule has 0 radical (unpaired) electrons. The number of carbonyl (C=O) groups is 1. The minimum Gasteiger partial charge on any atom is -0.503 e. The van der Waals surface area contributed by atoms with Crippen molar-refractivity contribution >= 4 is 5.78 Å². The summed E-state index contributed by atoms with van der Waals surface area (Å²) in [6.45, 7) is 6.54. The van der Waals surface area contributed by atoms with Gasteiger partial charge < -0.3 is 10.0 Å². The fraction of sp³-hybridized carbons (Fsp3) is 0.417. The quantitative estimate of drug-likeness (QED) is 0.720. The first-order valence-electron chi connectivity index (χ1n) is 5.14. The van der Waals surface area contributed by atoms with E-state index in [2.05, 4.69) is 12.7 Å². The summed E-state index contributed by atoms with van der Waals surface area (Å²) in [5.74, 6) is -0.346. The predicted octanol–water partition coefficient (Wildman–Crippen LogP) is 2.53. The van der Waals surface area contributed by atoms with Crippen LogP contribution in [0.1, 0.15) is 26.2 Å². The van der Waals surface area contributed by atoms with Gasteiger partial charge in [0.05, 0.1) is 0 Å². The third-order valence-corrected chi connectivity index (χ3v) is 2.39. The van der Waals surface area contributed by atoms with Crippen molar-refractivity contribution in [1.29, 1.82) is 0 Å². The second-order valence-corrected chi connectivity index (χ2v) is 3.55. The Kier molecular flexibility index (Phi) is 4.16. The Morgan fingerprint density at radius 3 is 3.07 bits per heavy atom. The van der Waals surface area contributed by atoms with Crippen molar-refractivity contribution in [2.24, 2.45) is 0 Å². The summed E-state index contributed by atoms with van der Waals surface area (Å²) < 4.78 is 0. The first-order valence-corrected chi connectivity index (χ1v) is 5.14. The summed E-state index contributed by atoms with van der Waals surface area (Å²) in [7, 11) is 0. The van der Waals surface area contributed by atoms with Gasteiger partial charge in [-0.05, 0) is 19.8 Å². The van der Waals surface area contributed by atoms with Crippen molar-refractivity contribution in [3.05, 3.63) is 36.4 Å². The Morgan fingerprint density at radius 1 is 1.73 bits per heavy atom. The minimum absolute atomic E-state index is 0.159. The molecule has 1 aliphatic heterocycles. The summed E-state index contributed by atoms with van der Waals surface area (Å²) in [4.78, 5) is 12.9. The maximum atomic E-state index is 11.0. The van der Waals surface area contributed by atoms with Gasteiger partial charge in [0, 0.05) is 24.9 Å². The normalized spacial score (nSPS) is 17.0. The molecule has 1 aliphatic rings. The summed E-state index contributed by atoms with van der Waals surface area (Å²) in [6, 6.07) is 0. The highest BCUT2D eigenvalue weighted by Crippen LogP contribution is 2.17. The Balaban J connectivity index is 2.50. The lowest BCUT2D eigenvalue weighted by molar-refractivity contribution is -0.118. The lowest BCUT2D eigenvalue weighted by atomic mass is 10.1. The number of allylic oxidation sites excluding steroid dienone is 4. The number of hydrogen-bond acceptors (Lipinski definition) is 3. The number of ketones is 1. The van der Waals surface area contributed by atoms with E-state index < -0.39 is 0 Å². The van der Waals surface area contributed by atoms with Crippen LogP contribution < -0.4 is 0 Å². The van der Waals surface area contributed by atoms with E-state index in [0.29, 0.717) is 13.0 Å². The second kappa shape index (κ2) is 5.39. The maximum absolute atomic E-state index is 11.0. The Hall–Kier alpha value is -1.51. The average molecular weight is 207 g/mol. The molecule has 1 heterocycles. The fourth-order valence-electron chi connectivity index (χ4n) is 1.44. The summed E-state index contributed by atoms with van der Waals surface area (Å²) in [5, 5.41) is 9.28. The van der Waals surface area contributed by atoms with Gasteiger partial charge in [-0.3, -0.25) is 4.79 Å². The largest absolute Gasteiger partial charge is 0.503 e. The molecule has 0 aromatic carbocycles. The van der Waals surface area contributed by atoms with Crippen LogP contribution in [0.4, 0.5) is 0 Å². The van der Waals surface area contributed by atoms with Crippen molar-refractivity contribution in [3.8, 4) is 0 Å². The van der Waals surface area contributed by atoms with E-state index in [1.807, 2.05) is 17.9 Å². The maximum Gasteiger partial charge on any atom is 0.200 e. The zero-order valence-electron chi connectivity index (χ0n) is 9.07. The van der Waals surface area contributed by atoms with Crippen LogP contribution in [0.5, 0.6) is 0 Å². The molecule has 1 rings (SSSR count). The van der Waals surface area contributed by atoms with Gasteiger partial charge in [-0.2, -0.15) is 0 Å². The highest BCUT2D eigenvalue weighted by molar-refractivity contribution is 5.93. The standard InChI is InChI=1S/C12H17NO2/c1-3-4-5-6-10(2)13-8-7-11(14)12(15)9-13/h3-4,9,15H,2,5-8H2,1H3/b4-3-. The lowest BCUT2D eigenvalue weighted by Gasteiger charge is -2.25. The van der Waals surface area contributed by atoms with Gasteiger partial charge in [-0.25, -0.2) is 0 Å². The van der Waals surface area contributed by atoms with Crippen LogP contribution in [0.3, 0.4) is 0 Å². The van der Waals surface area contributed by atoms with Gasteiger partial charge >= 0.3 is 0 Å². The third kappa shape index (κ3) is 3.27.